The number of benzene rings is 1. The average Bonchev–Trinajstić information content (AvgIpc) is 2.61. The van der Waals surface area contributed by atoms with Gasteiger partial charge in [-0.05, 0) is 24.1 Å². The molecular formula is C13H16N2O3. The van der Waals surface area contributed by atoms with E-state index in [9.17, 15) is 9.59 Å². The maximum Gasteiger partial charge on any atom is 0.261 e. The fourth-order valence-corrected chi connectivity index (χ4v) is 1.83. The molecule has 1 aliphatic rings. The monoisotopic (exact) mass is 248 g/mol. The fraction of sp³-hybridized carbons (Fsp3) is 0.385. The minimum atomic E-state index is -0.270. The Kier molecular flexibility index (Phi) is 3.34. The van der Waals surface area contributed by atoms with Crippen LogP contribution in [0.4, 0.5) is 5.69 Å². The van der Waals surface area contributed by atoms with Crippen LogP contribution in [-0.4, -0.2) is 42.0 Å². The van der Waals surface area contributed by atoms with Gasteiger partial charge < -0.3 is 10.4 Å². The third kappa shape index (κ3) is 2.09. The number of carbonyl (C=O) groups is 2. The highest BCUT2D eigenvalue weighted by Crippen LogP contribution is 2.24. The molecule has 1 atom stereocenters. The molecule has 0 fully saturated rings. The molecule has 1 unspecified atom stereocenters. The van der Waals surface area contributed by atoms with Gasteiger partial charge in [0.05, 0.1) is 11.1 Å². The lowest BCUT2D eigenvalue weighted by molar-refractivity contribution is 0.0693. The number of rotatable bonds is 4. The van der Waals surface area contributed by atoms with Gasteiger partial charge in [0.1, 0.15) is 0 Å². The van der Waals surface area contributed by atoms with Crippen molar-refractivity contribution in [3.63, 3.8) is 0 Å². The van der Waals surface area contributed by atoms with Crippen molar-refractivity contribution in [1.29, 1.82) is 0 Å². The van der Waals surface area contributed by atoms with Gasteiger partial charge in [0.2, 0.25) is 0 Å². The van der Waals surface area contributed by atoms with E-state index in [1.165, 1.54) is 7.05 Å². The molecule has 2 N–H and O–H groups in total. The summed E-state index contributed by atoms with van der Waals surface area (Å²) in [7, 11) is 1.48. The van der Waals surface area contributed by atoms with Crippen LogP contribution in [0.2, 0.25) is 0 Å². The predicted octanol–water partition coefficient (Wildman–Crippen LogP) is 0.953. The number of imide groups is 1. The number of fused-ring (bicyclic) bond motifs is 1. The fourth-order valence-electron chi connectivity index (χ4n) is 1.83. The van der Waals surface area contributed by atoms with Crippen molar-refractivity contribution in [2.75, 3.05) is 25.5 Å². The Labute approximate surface area is 105 Å². The number of hydrogen-bond donors (Lipinski definition) is 2. The Morgan fingerprint density at radius 2 is 1.94 bits per heavy atom. The van der Waals surface area contributed by atoms with E-state index in [1.807, 2.05) is 6.92 Å². The molecule has 1 aliphatic heterocycles. The smallest absolute Gasteiger partial charge is 0.261 e. The summed E-state index contributed by atoms with van der Waals surface area (Å²) in [4.78, 5) is 24.6. The molecule has 5 heteroatoms. The molecule has 18 heavy (non-hydrogen) atoms. The van der Waals surface area contributed by atoms with Crippen LogP contribution in [0.3, 0.4) is 0 Å². The molecule has 2 amide bonds. The van der Waals surface area contributed by atoms with Gasteiger partial charge in [-0.25, -0.2) is 0 Å². The first-order valence-corrected chi connectivity index (χ1v) is 5.85. The van der Waals surface area contributed by atoms with Gasteiger partial charge in [0, 0.05) is 25.9 Å². The summed E-state index contributed by atoms with van der Waals surface area (Å²) in [5.41, 5.74) is 1.66. The van der Waals surface area contributed by atoms with Crippen LogP contribution in [0.25, 0.3) is 0 Å². The summed E-state index contributed by atoms with van der Waals surface area (Å²) >= 11 is 0. The SMILES string of the molecule is CC(CO)CNc1ccc2c(c1)C(=O)N(C)C2=O. The number of nitrogens with zero attached hydrogens (tertiary/aromatic N) is 1. The van der Waals surface area contributed by atoms with E-state index >= 15 is 0 Å². The van der Waals surface area contributed by atoms with Gasteiger partial charge in [-0.15, -0.1) is 0 Å². The molecular weight excluding hydrogens is 232 g/mol. The summed E-state index contributed by atoms with van der Waals surface area (Å²) in [6, 6.07) is 5.11. The minimum absolute atomic E-state index is 0.109. The summed E-state index contributed by atoms with van der Waals surface area (Å²) in [6.07, 6.45) is 0. The first kappa shape index (κ1) is 12.6. The second-order valence-electron chi connectivity index (χ2n) is 4.60. The van der Waals surface area contributed by atoms with Crippen LogP contribution in [-0.2, 0) is 0 Å². The topological polar surface area (TPSA) is 69.6 Å². The first-order valence-electron chi connectivity index (χ1n) is 5.85. The maximum atomic E-state index is 11.8. The number of hydrogen-bond acceptors (Lipinski definition) is 4. The minimum Gasteiger partial charge on any atom is -0.396 e. The van der Waals surface area contributed by atoms with E-state index in [0.717, 1.165) is 10.6 Å². The van der Waals surface area contributed by atoms with Crippen molar-refractivity contribution < 1.29 is 14.7 Å². The molecule has 1 aromatic rings. The molecule has 0 saturated carbocycles. The van der Waals surface area contributed by atoms with Crippen molar-refractivity contribution in [2.24, 2.45) is 5.92 Å². The standard InChI is InChI=1S/C13H16N2O3/c1-8(7-16)6-14-9-3-4-10-11(5-9)13(18)15(2)12(10)17/h3-5,8,14,16H,6-7H2,1-2H3. The summed E-state index contributed by atoms with van der Waals surface area (Å²) in [5, 5.41) is 12.1. The predicted molar refractivity (Wildman–Crippen MR) is 67.6 cm³/mol. The molecule has 0 bridgehead atoms. The number of nitrogens with one attached hydrogen (secondary N) is 1. The van der Waals surface area contributed by atoms with E-state index in [1.54, 1.807) is 18.2 Å². The van der Waals surface area contributed by atoms with Crippen LogP contribution in [0, 0.1) is 5.92 Å². The highest BCUT2D eigenvalue weighted by atomic mass is 16.3. The zero-order valence-electron chi connectivity index (χ0n) is 10.4. The second-order valence-corrected chi connectivity index (χ2v) is 4.60. The Morgan fingerprint density at radius 3 is 2.61 bits per heavy atom. The lowest BCUT2D eigenvalue weighted by Crippen LogP contribution is -2.24. The highest BCUT2D eigenvalue weighted by molar-refractivity contribution is 6.21. The van der Waals surface area contributed by atoms with Crippen LogP contribution in [0.1, 0.15) is 27.6 Å². The number of aliphatic hydroxyl groups excluding tert-OH is 1. The largest absolute Gasteiger partial charge is 0.396 e. The van der Waals surface area contributed by atoms with Gasteiger partial charge in [0.25, 0.3) is 11.8 Å². The number of aliphatic hydroxyl groups is 1. The van der Waals surface area contributed by atoms with E-state index in [2.05, 4.69) is 5.32 Å². The second kappa shape index (κ2) is 4.78. The van der Waals surface area contributed by atoms with Crippen molar-refractivity contribution in [3.8, 4) is 0 Å². The van der Waals surface area contributed by atoms with E-state index < -0.39 is 0 Å². The molecule has 1 heterocycles. The molecule has 0 radical (unpaired) electrons. The maximum absolute atomic E-state index is 11.8. The molecule has 0 aromatic heterocycles. The number of anilines is 1. The third-order valence-electron chi connectivity index (χ3n) is 3.06. The number of carbonyl (C=O) groups excluding carboxylic acids is 2. The molecule has 0 saturated heterocycles. The molecule has 2 rings (SSSR count). The Bertz CT molecular complexity index is 499. The summed E-state index contributed by atoms with van der Waals surface area (Å²) in [5.74, 6) is -0.391. The van der Waals surface area contributed by atoms with Crippen molar-refractivity contribution in [3.05, 3.63) is 29.3 Å². The zero-order valence-corrected chi connectivity index (χ0v) is 10.4. The zero-order chi connectivity index (χ0) is 13.3. The van der Waals surface area contributed by atoms with Crippen LogP contribution in [0.15, 0.2) is 18.2 Å². The van der Waals surface area contributed by atoms with Crippen molar-refractivity contribution in [1.82, 2.24) is 4.90 Å². The molecule has 0 aliphatic carbocycles. The molecule has 0 spiro atoms. The molecule has 96 valence electrons. The Balaban J connectivity index is 2.19. The Morgan fingerprint density at radius 1 is 1.28 bits per heavy atom. The lowest BCUT2D eigenvalue weighted by Gasteiger charge is -2.11. The van der Waals surface area contributed by atoms with E-state index in [-0.39, 0.29) is 24.3 Å². The Hall–Kier alpha value is -1.88. The van der Waals surface area contributed by atoms with Crippen LogP contribution < -0.4 is 5.32 Å². The summed E-state index contributed by atoms with van der Waals surface area (Å²) in [6.45, 7) is 2.65. The van der Waals surface area contributed by atoms with Crippen LogP contribution in [0.5, 0.6) is 0 Å². The van der Waals surface area contributed by atoms with Gasteiger partial charge in [0.15, 0.2) is 0 Å². The van der Waals surface area contributed by atoms with Crippen molar-refractivity contribution >= 4 is 17.5 Å². The summed E-state index contributed by atoms with van der Waals surface area (Å²) < 4.78 is 0. The average molecular weight is 248 g/mol. The van der Waals surface area contributed by atoms with E-state index in [0.29, 0.717) is 17.7 Å². The van der Waals surface area contributed by atoms with Gasteiger partial charge in [-0.1, -0.05) is 6.92 Å². The van der Waals surface area contributed by atoms with Crippen LogP contribution >= 0.6 is 0 Å². The quantitative estimate of drug-likeness (QED) is 0.778. The van der Waals surface area contributed by atoms with Gasteiger partial charge in [-0.3, -0.25) is 14.5 Å². The molecule has 1 aromatic carbocycles. The van der Waals surface area contributed by atoms with Gasteiger partial charge in [-0.2, -0.15) is 0 Å². The third-order valence-corrected chi connectivity index (χ3v) is 3.06. The molecule has 5 nitrogen and oxygen atoms in total. The number of amides is 2. The normalized spacial score (nSPS) is 15.8. The van der Waals surface area contributed by atoms with E-state index in [4.69, 9.17) is 5.11 Å². The van der Waals surface area contributed by atoms with Crippen molar-refractivity contribution in [2.45, 2.75) is 6.92 Å². The highest BCUT2D eigenvalue weighted by Gasteiger charge is 2.32. The first-order chi connectivity index (χ1) is 8.54. The van der Waals surface area contributed by atoms with Gasteiger partial charge >= 0.3 is 0 Å². The lowest BCUT2D eigenvalue weighted by atomic mass is 10.1.